The summed E-state index contributed by atoms with van der Waals surface area (Å²) in [5.41, 5.74) is 0. The van der Waals surface area contributed by atoms with Gasteiger partial charge in [-0.25, -0.2) is 0 Å². The molecule has 90 valence electrons. The molecule has 2 rings (SSSR count). The zero-order chi connectivity index (χ0) is 11.4. The molecule has 2 aliphatic heterocycles. The third-order valence-corrected chi connectivity index (χ3v) is 2.75. The van der Waals surface area contributed by atoms with E-state index in [-0.39, 0.29) is 24.5 Å². The smallest absolute Gasteiger partial charge is 0.325 e. The number of esters is 1. The Balaban J connectivity index is 1.76. The van der Waals surface area contributed by atoms with E-state index in [1.165, 1.54) is 0 Å². The monoisotopic (exact) mass is 228 g/mol. The van der Waals surface area contributed by atoms with Gasteiger partial charge in [0.15, 0.2) is 0 Å². The molecule has 6 heteroatoms. The Morgan fingerprint density at radius 3 is 2.75 bits per heavy atom. The van der Waals surface area contributed by atoms with Crippen molar-refractivity contribution >= 4 is 11.9 Å². The van der Waals surface area contributed by atoms with Crippen molar-refractivity contribution < 1.29 is 19.1 Å². The van der Waals surface area contributed by atoms with E-state index in [2.05, 4.69) is 10.6 Å². The minimum atomic E-state index is -0.416. The molecule has 0 aromatic rings. The van der Waals surface area contributed by atoms with E-state index in [0.29, 0.717) is 19.8 Å². The van der Waals surface area contributed by atoms with Crippen LogP contribution in [0.3, 0.4) is 0 Å². The largest absolute Gasteiger partial charge is 0.461 e. The van der Waals surface area contributed by atoms with Crippen LogP contribution < -0.4 is 10.6 Å². The van der Waals surface area contributed by atoms with Gasteiger partial charge in [0.25, 0.3) is 0 Å². The van der Waals surface area contributed by atoms with E-state index in [0.717, 1.165) is 12.8 Å². The zero-order valence-corrected chi connectivity index (χ0v) is 9.03. The van der Waals surface area contributed by atoms with Crippen LogP contribution in [0.25, 0.3) is 0 Å². The van der Waals surface area contributed by atoms with Crippen LogP contribution in [0.5, 0.6) is 0 Å². The molecule has 0 aromatic carbocycles. The van der Waals surface area contributed by atoms with Crippen LogP contribution >= 0.6 is 0 Å². The molecule has 1 amide bonds. The Hall–Kier alpha value is -1.14. The number of hydrogen-bond donors (Lipinski definition) is 2. The highest BCUT2D eigenvalue weighted by Crippen LogP contribution is 2.11. The number of carbonyl (C=O) groups is 2. The Morgan fingerprint density at radius 2 is 2.12 bits per heavy atom. The van der Waals surface area contributed by atoms with Crippen molar-refractivity contribution in [2.45, 2.75) is 25.0 Å². The van der Waals surface area contributed by atoms with Crippen LogP contribution in [-0.4, -0.2) is 50.3 Å². The second kappa shape index (κ2) is 5.27. The van der Waals surface area contributed by atoms with Crippen molar-refractivity contribution in [2.24, 2.45) is 0 Å². The van der Waals surface area contributed by atoms with Crippen LogP contribution in [0.15, 0.2) is 0 Å². The Bertz CT molecular complexity index is 266. The van der Waals surface area contributed by atoms with Crippen LogP contribution in [0.1, 0.15) is 12.8 Å². The summed E-state index contributed by atoms with van der Waals surface area (Å²) in [7, 11) is 0. The molecule has 0 radical (unpaired) electrons. The maximum absolute atomic E-state index is 11.7. The van der Waals surface area contributed by atoms with Gasteiger partial charge in [-0.3, -0.25) is 14.9 Å². The van der Waals surface area contributed by atoms with Gasteiger partial charge >= 0.3 is 5.97 Å². The van der Waals surface area contributed by atoms with E-state index >= 15 is 0 Å². The van der Waals surface area contributed by atoms with Crippen molar-refractivity contribution in [2.75, 3.05) is 26.3 Å². The van der Waals surface area contributed by atoms with E-state index < -0.39 is 6.04 Å². The highest BCUT2D eigenvalue weighted by atomic mass is 16.6. The van der Waals surface area contributed by atoms with Gasteiger partial charge in [0.2, 0.25) is 5.91 Å². The van der Waals surface area contributed by atoms with Gasteiger partial charge in [-0.1, -0.05) is 0 Å². The molecule has 2 aliphatic rings. The van der Waals surface area contributed by atoms with E-state index in [1.807, 2.05) is 0 Å². The molecule has 2 saturated heterocycles. The number of carbonyl (C=O) groups excluding carboxylic acids is 2. The predicted molar refractivity (Wildman–Crippen MR) is 54.7 cm³/mol. The van der Waals surface area contributed by atoms with Crippen LogP contribution in [0, 0.1) is 0 Å². The van der Waals surface area contributed by atoms with Crippen LogP contribution in [0.2, 0.25) is 0 Å². The lowest BCUT2D eigenvalue weighted by atomic mass is 10.1. The first-order chi connectivity index (χ1) is 7.75. The van der Waals surface area contributed by atoms with Gasteiger partial charge in [-0.2, -0.15) is 0 Å². The SMILES string of the molecule is O=C1CNC(C(=O)OC2CCOCC2)CN1. The van der Waals surface area contributed by atoms with E-state index in [1.54, 1.807) is 0 Å². The molecular weight excluding hydrogens is 212 g/mol. The van der Waals surface area contributed by atoms with Gasteiger partial charge < -0.3 is 14.8 Å². The second-order valence-corrected chi connectivity index (χ2v) is 3.99. The first-order valence-electron chi connectivity index (χ1n) is 5.54. The molecular formula is C10H16N2O4. The van der Waals surface area contributed by atoms with Gasteiger partial charge in [0.1, 0.15) is 12.1 Å². The summed E-state index contributed by atoms with van der Waals surface area (Å²) in [5.74, 6) is -0.373. The molecule has 0 aromatic heterocycles. The van der Waals surface area contributed by atoms with Crippen molar-refractivity contribution in [1.29, 1.82) is 0 Å². The summed E-state index contributed by atoms with van der Waals surface area (Å²) in [6, 6.07) is -0.416. The Morgan fingerprint density at radius 1 is 1.38 bits per heavy atom. The number of hydrogen-bond acceptors (Lipinski definition) is 5. The predicted octanol–water partition coefficient (Wildman–Crippen LogP) is -1.20. The standard InChI is InChI=1S/C10H16N2O4/c13-9-6-11-8(5-12-9)10(14)16-7-1-3-15-4-2-7/h7-8,11H,1-6H2,(H,12,13). The molecule has 0 bridgehead atoms. The molecule has 0 aliphatic carbocycles. The Labute approximate surface area is 93.7 Å². The fourth-order valence-corrected chi connectivity index (χ4v) is 1.77. The second-order valence-electron chi connectivity index (χ2n) is 3.99. The normalized spacial score (nSPS) is 27.2. The van der Waals surface area contributed by atoms with Gasteiger partial charge in [0.05, 0.1) is 19.8 Å². The maximum Gasteiger partial charge on any atom is 0.325 e. The molecule has 16 heavy (non-hydrogen) atoms. The first-order valence-corrected chi connectivity index (χ1v) is 5.54. The van der Waals surface area contributed by atoms with E-state index in [4.69, 9.17) is 9.47 Å². The molecule has 2 N–H and O–H groups in total. The molecule has 0 saturated carbocycles. The number of piperazine rings is 1. The third kappa shape index (κ3) is 2.93. The lowest BCUT2D eigenvalue weighted by Gasteiger charge is -2.27. The third-order valence-electron chi connectivity index (χ3n) is 2.75. The topological polar surface area (TPSA) is 76.7 Å². The minimum Gasteiger partial charge on any atom is -0.461 e. The fourth-order valence-electron chi connectivity index (χ4n) is 1.77. The van der Waals surface area contributed by atoms with Crippen LogP contribution in [-0.2, 0) is 19.1 Å². The lowest BCUT2D eigenvalue weighted by molar-refractivity contribution is -0.156. The fraction of sp³-hybridized carbons (Fsp3) is 0.800. The number of rotatable bonds is 2. The summed E-state index contributed by atoms with van der Waals surface area (Å²) >= 11 is 0. The van der Waals surface area contributed by atoms with Crippen molar-refractivity contribution in [3.8, 4) is 0 Å². The Kier molecular flexibility index (Phi) is 3.74. The van der Waals surface area contributed by atoms with Gasteiger partial charge in [-0.05, 0) is 0 Å². The molecule has 0 spiro atoms. The molecule has 2 heterocycles. The van der Waals surface area contributed by atoms with Crippen LogP contribution in [0.4, 0.5) is 0 Å². The quantitative estimate of drug-likeness (QED) is 0.580. The first kappa shape index (κ1) is 11.3. The molecule has 1 atom stereocenters. The highest BCUT2D eigenvalue weighted by molar-refractivity contribution is 5.83. The van der Waals surface area contributed by atoms with E-state index in [9.17, 15) is 9.59 Å². The summed E-state index contributed by atoms with van der Waals surface area (Å²) in [4.78, 5) is 22.6. The molecule has 2 fully saturated rings. The lowest BCUT2D eigenvalue weighted by Crippen LogP contribution is -2.56. The van der Waals surface area contributed by atoms with Crippen molar-refractivity contribution in [3.63, 3.8) is 0 Å². The highest BCUT2D eigenvalue weighted by Gasteiger charge is 2.27. The summed E-state index contributed by atoms with van der Waals surface area (Å²) in [6.07, 6.45) is 1.47. The van der Waals surface area contributed by atoms with Gasteiger partial charge in [0, 0.05) is 19.4 Å². The maximum atomic E-state index is 11.7. The average Bonchev–Trinajstić information content (AvgIpc) is 2.31. The number of amides is 1. The summed E-state index contributed by atoms with van der Waals surface area (Å²) < 4.78 is 10.5. The summed E-state index contributed by atoms with van der Waals surface area (Å²) in [6.45, 7) is 1.77. The van der Waals surface area contributed by atoms with Gasteiger partial charge in [-0.15, -0.1) is 0 Å². The van der Waals surface area contributed by atoms with Crippen molar-refractivity contribution in [1.82, 2.24) is 10.6 Å². The zero-order valence-electron chi connectivity index (χ0n) is 9.03. The average molecular weight is 228 g/mol. The summed E-state index contributed by atoms with van der Waals surface area (Å²) in [5, 5.41) is 5.46. The number of ether oxygens (including phenoxy) is 2. The minimum absolute atomic E-state index is 0.0410. The molecule has 6 nitrogen and oxygen atoms in total. The molecule has 1 unspecified atom stereocenters. The van der Waals surface area contributed by atoms with Crippen molar-refractivity contribution in [3.05, 3.63) is 0 Å². The number of nitrogens with one attached hydrogen (secondary N) is 2.